The van der Waals surface area contributed by atoms with Gasteiger partial charge in [0.25, 0.3) is 5.91 Å². The maximum atomic E-state index is 14.3. The zero-order chi connectivity index (χ0) is 26.8. The maximum Gasteiger partial charge on any atom is 0.275 e. The van der Waals surface area contributed by atoms with Crippen molar-refractivity contribution in [2.24, 2.45) is 5.92 Å². The van der Waals surface area contributed by atoms with Crippen molar-refractivity contribution >= 4 is 5.91 Å². The number of benzene rings is 2. The largest absolute Gasteiger partial charge is 0.497 e. The highest BCUT2D eigenvalue weighted by Gasteiger charge is 2.45. The Morgan fingerprint density at radius 2 is 1.90 bits per heavy atom. The Morgan fingerprint density at radius 3 is 2.64 bits per heavy atom. The van der Waals surface area contributed by atoms with Crippen LogP contribution in [0.3, 0.4) is 0 Å². The number of piperazine rings is 1. The second kappa shape index (κ2) is 11.1. The van der Waals surface area contributed by atoms with E-state index in [4.69, 9.17) is 9.72 Å². The van der Waals surface area contributed by atoms with Crippen molar-refractivity contribution in [3.8, 4) is 17.0 Å². The van der Waals surface area contributed by atoms with Gasteiger partial charge in [0.05, 0.1) is 30.8 Å². The molecule has 0 unspecified atom stereocenters. The first-order valence-electron chi connectivity index (χ1n) is 14.5. The Kier molecular flexibility index (Phi) is 7.45. The van der Waals surface area contributed by atoms with Crippen LogP contribution in [0.1, 0.15) is 67.0 Å². The van der Waals surface area contributed by atoms with Crippen molar-refractivity contribution < 1.29 is 14.6 Å². The lowest BCUT2D eigenvalue weighted by atomic mass is 9.76. The lowest BCUT2D eigenvalue weighted by Gasteiger charge is -2.42. The first kappa shape index (κ1) is 26.1. The number of ether oxygens (including phenoxy) is 1. The Hall–Kier alpha value is -3.16. The lowest BCUT2D eigenvalue weighted by Crippen LogP contribution is -2.54. The fourth-order valence-corrected chi connectivity index (χ4v) is 6.68. The van der Waals surface area contributed by atoms with Gasteiger partial charge in [0.15, 0.2) is 5.69 Å². The molecule has 0 spiro atoms. The number of carbonyl (C=O) groups is 1. The minimum absolute atomic E-state index is 0.0231. The van der Waals surface area contributed by atoms with Gasteiger partial charge in [-0.3, -0.25) is 4.79 Å². The number of nitrogens with one attached hydrogen (secondary N) is 1. The number of hydrogen-bond donors (Lipinski definition) is 2. The molecule has 6 rings (SSSR count). The van der Waals surface area contributed by atoms with E-state index in [0.29, 0.717) is 18.2 Å². The minimum atomic E-state index is -0.754. The highest BCUT2D eigenvalue weighted by Crippen LogP contribution is 2.48. The third-order valence-electron chi connectivity index (χ3n) is 8.92. The standard InChI is InChI=1S/C32H40N4O3/c1-39-27-14-12-23(13-15-27)19-26-21-33-17-18-35(26)31(37)29-30(25-7-3-2-4-8-25)36(22-34-29)28-9-5-6-16-32(28,38)20-24-10-11-24/h2-4,7-8,12-15,22,24,26,28,33,38H,5-6,9-11,16-21H2,1H3/t26-,28-,32-/m1/s1. The van der Waals surface area contributed by atoms with Gasteiger partial charge >= 0.3 is 0 Å². The Labute approximate surface area is 231 Å². The fourth-order valence-electron chi connectivity index (χ4n) is 6.68. The first-order chi connectivity index (χ1) is 19.1. The molecule has 2 N–H and O–H groups in total. The summed E-state index contributed by atoms with van der Waals surface area (Å²) in [5, 5.41) is 15.4. The van der Waals surface area contributed by atoms with Gasteiger partial charge in [-0.15, -0.1) is 0 Å². The summed E-state index contributed by atoms with van der Waals surface area (Å²) >= 11 is 0. The van der Waals surface area contributed by atoms with Gasteiger partial charge in [0.1, 0.15) is 5.75 Å². The Bertz CT molecular complexity index is 1270. The van der Waals surface area contributed by atoms with E-state index in [1.807, 2.05) is 41.6 Å². The predicted octanol–water partition coefficient (Wildman–Crippen LogP) is 4.86. The quantitative estimate of drug-likeness (QED) is 0.437. The monoisotopic (exact) mass is 528 g/mol. The molecule has 1 amide bonds. The highest BCUT2D eigenvalue weighted by molar-refractivity contribution is 5.98. The van der Waals surface area contributed by atoms with Crippen molar-refractivity contribution in [1.82, 2.24) is 19.8 Å². The molecule has 1 aromatic heterocycles. The summed E-state index contributed by atoms with van der Waals surface area (Å²) in [7, 11) is 1.67. The van der Waals surface area contributed by atoms with Crippen molar-refractivity contribution in [1.29, 1.82) is 0 Å². The average molecular weight is 529 g/mol. The molecule has 2 aliphatic carbocycles. The maximum absolute atomic E-state index is 14.3. The SMILES string of the molecule is COc1ccc(C[C@@H]2CNCCN2C(=O)c2ncn([C@@H]3CCCC[C@@]3(O)CC3CC3)c2-c2ccccc2)cc1. The summed E-state index contributed by atoms with van der Waals surface area (Å²) in [4.78, 5) is 21.1. The molecule has 3 fully saturated rings. The molecule has 2 heterocycles. The van der Waals surface area contributed by atoms with Crippen LogP contribution in [0.25, 0.3) is 11.3 Å². The van der Waals surface area contributed by atoms with Crippen LogP contribution in [-0.2, 0) is 6.42 Å². The smallest absolute Gasteiger partial charge is 0.275 e. The molecular weight excluding hydrogens is 488 g/mol. The molecule has 1 aliphatic heterocycles. The second-order valence-corrected chi connectivity index (χ2v) is 11.6. The third kappa shape index (κ3) is 5.48. The van der Waals surface area contributed by atoms with Crippen LogP contribution in [-0.4, -0.2) is 63.9 Å². The zero-order valence-corrected chi connectivity index (χ0v) is 22.9. The number of amides is 1. The summed E-state index contributed by atoms with van der Waals surface area (Å²) in [5.41, 5.74) is 2.71. The van der Waals surface area contributed by atoms with Crippen LogP contribution in [0.2, 0.25) is 0 Å². The number of aliphatic hydroxyl groups is 1. The number of carbonyl (C=O) groups excluding carboxylic acids is 1. The molecule has 0 bridgehead atoms. The van der Waals surface area contributed by atoms with Crippen LogP contribution in [0.5, 0.6) is 5.75 Å². The summed E-state index contributed by atoms with van der Waals surface area (Å²) in [5.74, 6) is 1.42. The number of hydrogen-bond acceptors (Lipinski definition) is 5. The van der Waals surface area contributed by atoms with E-state index in [9.17, 15) is 9.90 Å². The second-order valence-electron chi connectivity index (χ2n) is 11.6. The lowest BCUT2D eigenvalue weighted by molar-refractivity contribution is -0.0518. The van der Waals surface area contributed by atoms with E-state index in [2.05, 4.69) is 34.1 Å². The molecule has 3 aliphatic rings. The van der Waals surface area contributed by atoms with Crippen LogP contribution in [0, 0.1) is 5.92 Å². The molecular formula is C32H40N4O3. The van der Waals surface area contributed by atoms with E-state index in [-0.39, 0.29) is 18.0 Å². The van der Waals surface area contributed by atoms with E-state index in [0.717, 1.165) is 68.6 Å². The average Bonchev–Trinajstić information content (AvgIpc) is 3.67. The molecule has 2 saturated carbocycles. The summed E-state index contributed by atoms with van der Waals surface area (Å²) in [6.07, 6.45) is 9.70. The van der Waals surface area contributed by atoms with Gasteiger partial charge in [-0.05, 0) is 49.3 Å². The number of imidazole rings is 1. The van der Waals surface area contributed by atoms with Gasteiger partial charge in [0, 0.05) is 31.2 Å². The Balaban J connectivity index is 1.34. The molecule has 3 atom stereocenters. The molecule has 2 aromatic carbocycles. The number of methoxy groups -OCH3 is 1. The van der Waals surface area contributed by atoms with Gasteiger partial charge in [0.2, 0.25) is 0 Å². The fraction of sp³-hybridized carbons (Fsp3) is 0.500. The highest BCUT2D eigenvalue weighted by atomic mass is 16.5. The van der Waals surface area contributed by atoms with Crippen molar-refractivity contribution in [2.75, 3.05) is 26.7 Å². The summed E-state index contributed by atoms with van der Waals surface area (Å²) in [6, 6.07) is 18.2. The van der Waals surface area contributed by atoms with Crippen LogP contribution < -0.4 is 10.1 Å². The predicted molar refractivity (Wildman–Crippen MR) is 152 cm³/mol. The summed E-state index contributed by atoms with van der Waals surface area (Å²) < 4.78 is 7.46. The van der Waals surface area contributed by atoms with Crippen LogP contribution >= 0.6 is 0 Å². The van der Waals surface area contributed by atoms with Gasteiger partial charge < -0.3 is 24.6 Å². The molecule has 7 heteroatoms. The molecule has 39 heavy (non-hydrogen) atoms. The first-order valence-corrected chi connectivity index (χ1v) is 14.5. The topological polar surface area (TPSA) is 79.6 Å². The van der Waals surface area contributed by atoms with Crippen LogP contribution in [0.15, 0.2) is 60.9 Å². The van der Waals surface area contributed by atoms with E-state index in [1.165, 1.54) is 18.4 Å². The van der Waals surface area contributed by atoms with E-state index < -0.39 is 5.60 Å². The third-order valence-corrected chi connectivity index (χ3v) is 8.92. The van der Waals surface area contributed by atoms with Gasteiger partial charge in [-0.2, -0.15) is 0 Å². The number of nitrogens with zero attached hydrogens (tertiary/aromatic N) is 3. The zero-order valence-electron chi connectivity index (χ0n) is 22.9. The van der Waals surface area contributed by atoms with Gasteiger partial charge in [-0.1, -0.05) is 68.1 Å². The normalized spacial score (nSPS) is 25.4. The molecule has 3 aromatic rings. The van der Waals surface area contributed by atoms with Crippen LogP contribution in [0.4, 0.5) is 0 Å². The number of aromatic nitrogens is 2. The Morgan fingerprint density at radius 1 is 1.10 bits per heavy atom. The molecule has 1 saturated heterocycles. The van der Waals surface area contributed by atoms with E-state index >= 15 is 0 Å². The van der Waals surface area contributed by atoms with E-state index in [1.54, 1.807) is 7.11 Å². The molecule has 7 nitrogen and oxygen atoms in total. The molecule has 206 valence electrons. The van der Waals surface area contributed by atoms with Gasteiger partial charge in [-0.25, -0.2) is 4.98 Å². The number of rotatable bonds is 8. The molecule has 0 radical (unpaired) electrons. The van der Waals surface area contributed by atoms with Crippen molar-refractivity contribution in [2.45, 2.75) is 69.1 Å². The van der Waals surface area contributed by atoms with Crippen molar-refractivity contribution in [3.63, 3.8) is 0 Å². The van der Waals surface area contributed by atoms with Crippen molar-refractivity contribution in [3.05, 3.63) is 72.2 Å². The summed E-state index contributed by atoms with van der Waals surface area (Å²) in [6.45, 7) is 2.13. The minimum Gasteiger partial charge on any atom is -0.497 e.